The smallest absolute Gasteiger partial charge is 0.0707 e. The number of hydrogen-bond acceptors (Lipinski definition) is 2. The van der Waals surface area contributed by atoms with Gasteiger partial charge in [0.1, 0.15) is 0 Å². The number of nitrogens with one attached hydrogen (secondary N) is 1. The zero-order chi connectivity index (χ0) is 8.10. The van der Waals surface area contributed by atoms with Gasteiger partial charge in [-0.1, -0.05) is 20.3 Å². The highest BCUT2D eigenvalue weighted by molar-refractivity contribution is 4.60. The van der Waals surface area contributed by atoms with E-state index in [1.54, 1.807) is 0 Å². The number of rotatable bonds is 0. The van der Waals surface area contributed by atoms with Gasteiger partial charge in [-0.05, 0) is 24.7 Å². The second-order valence-corrected chi connectivity index (χ2v) is 3.78. The summed E-state index contributed by atoms with van der Waals surface area (Å²) in [5.41, 5.74) is 2.99. The molecule has 0 bridgehead atoms. The topological polar surface area (TPSA) is 21.3 Å². The molecular weight excluding hydrogens is 138 g/mol. The molecule has 1 N–H and O–H groups in total. The Morgan fingerprint density at radius 2 is 1.82 bits per heavy atom. The third-order valence-electron chi connectivity index (χ3n) is 2.36. The Bertz CT molecular complexity index is 93.7. The molecule has 2 unspecified atom stereocenters. The van der Waals surface area contributed by atoms with E-state index in [4.69, 9.17) is 4.84 Å². The molecule has 0 amide bonds. The van der Waals surface area contributed by atoms with Gasteiger partial charge in [-0.3, -0.25) is 0 Å². The fraction of sp³-hybridized carbons (Fsp3) is 1.00. The SMILES string of the molecule is CC1CCNOCC(C)CC1. The van der Waals surface area contributed by atoms with E-state index in [-0.39, 0.29) is 0 Å². The largest absolute Gasteiger partial charge is 0.302 e. The van der Waals surface area contributed by atoms with Crippen molar-refractivity contribution in [3.63, 3.8) is 0 Å². The van der Waals surface area contributed by atoms with Crippen LogP contribution in [0.4, 0.5) is 0 Å². The van der Waals surface area contributed by atoms with Crippen LogP contribution in [0.25, 0.3) is 0 Å². The molecule has 2 heteroatoms. The zero-order valence-corrected chi connectivity index (χ0v) is 7.60. The van der Waals surface area contributed by atoms with E-state index < -0.39 is 0 Å². The molecule has 2 atom stereocenters. The molecule has 1 heterocycles. The summed E-state index contributed by atoms with van der Waals surface area (Å²) >= 11 is 0. The standard InChI is InChI=1S/C9H19NO/c1-8-3-4-9(2)7-11-10-6-5-8/h8-10H,3-7H2,1-2H3. The zero-order valence-electron chi connectivity index (χ0n) is 7.60. The first-order chi connectivity index (χ1) is 5.29. The van der Waals surface area contributed by atoms with Crippen molar-refractivity contribution >= 4 is 0 Å². The van der Waals surface area contributed by atoms with Crippen molar-refractivity contribution in [1.82, 2.24) is 5.48 Å². The number of hydrogen-bond donors (Lipinski definition) is 1. The number of hydroxylamine groups is 1. The van der Waals surface area contributed by atoms with E-state index in [2.05, 4.69) is 19.3 Å². The van der Waals surface area contributed by atoms with Crippen molar-refractivity contribution < 1.29 is 4.84 Å². The minimum absolute atomic E-state index is 0.711. The second kappa shape index (κ2) is 4.73. The maximum absolute atomic E-state index is 5.27. The molecule has 1 fully saturated rings. The predicted octanol–water partition coefficient (Wildman–Crippen LogP) is 1.96. The minimum atomic E-state index is 0.711. The molecular formula is C9H19NO. The average molecular weight is 157 g/mol. The van der Waals surface area contributed by atoms with Gasteiger partial charge < -0.3 is 4.84 Å². The van der Waals surface area contributed by atoms with Crippen molar-refractivity contribution in [2.75, 3.05) is 13.2 Å². The third kappa shape index (κ3) is 3.73. The lowest BCUT2D eigenvalue weighted by Crippen LogP contribution is -2.18. The molecule has 0 aromatic rings. The van der Waals surface area contributed by atoms with E-state index in [9.17, 15) is 0 Å². The van der Waals surface area contributed by atoms with Gasteiger partial charge >= 0.3 is 0 Å². The van der Waals surface area contributed by atoms with Crippen LogP contribution in [0.2, 0.25) is 0 Å². The molecule has 1 aliphatic heterocycles. The maximum Gasteiger partial charge on any atom is 0.0707 e. The summed E-state index contributed by atoms with van der Waals surface area (Å²) in [7, 11) is 0. The van der Waals surface area contributed by atoms with E-state index in [0.29, 0.717) is 5.92 Å². The molecule has 11 heavy (non-hydrogen) atoms. The Balaban J connectivity index is 2.25. The Kier molecular flexibility index (Phi) is 3.87. The molecule has 0 radical (unpaired) electrons. The van der Waals surface area contributed by atoms with Gasteiger partial charge in [-0.2, -0.15) is 0 Å². The summed E-state index contributed by atoms with van der Waals surface area (Å²) in [4.78, 5) is 5.27. The summed E-state index contributed by atoms with van der Waals surface area (Å²) in [6, 6.07) is 0. The Morgan fingerprint density at radius 1 is 1.09 bits per heavy atom. The minimum Gasteiger partial charge on any atom is -0.302 e. The highest BCUT2D eigenvalue weighted by atomic mass is 16.6. The maximum atomic E-state index is 5.27. The quantitative estimate of drug-likeness (QED) is 0.580. The second-order valence-electron chi connectivity index (χ2n) is 3.78. The predicted molar refractivity (Wildman–Crippen MR) is 46.1 cm³/mol. The normalized spacial score (nSPS) is 35.5. The molecule has 0 aromatic carbocycles. The Hall–Kier alpha value is -0.0800. The van der Waals surface area contributed by atoms with Crippen molar-refractivity contribution in [3.05, 3.63) is 0 Å². The highest BCUT2D eigenvalue weighted by Crippen LogP contribution is 2.16. The van der Waals surface area contributed by atoms with Crippen LogP contribution >= 0.6 is 0 Å². The van der Waals surface area contributed by atoms with Crippen molar-refractivity contribution in [3.8, 4) is 0 Å². The fourth-order valence-electron chi connectivity index (χ4n) is 1.38. The van der Waals surface area contributed by atoms with Gasteiger partial charge in [0.05, 0.1) is 6.61 Å². The van der Waals surface area contributed by atoms with Crippen LogP contribution in [0.3, 0.4) is 0 Å². The highest BCUT2D eigenvalue weighted by Gasteiger charge is 2.09. The molecule has 66 valence electrons. The van der Waals surface area contributed by atoms with Crippen LogP contribution in [-0.4, -0.2) is 13.2 Å². The Morgan fingerprint density at radius 3 is 2.64 bits per heavy atom. The van der Waals surface area contributed by atoms with Crippen LogP contribution in [0.15, 0.2) is 0 Å². The van der Waals surface area contributed by atoms with Gasteiger partial charge in [0, 0.05) is 6.54 Å². The van der Waals surface area contributed by atoms with Crippen LogP contribution < -0.4 is 5.48 Å². The third-order valence-corrected chi connectivity index (χ3v) is 2.36. The van der Waals surface area contributed by atoms with Crippen LogP contribution in [0.5, 0.6) is 0 Å². The van der Waals surface area contributed by atoms with E-state index >= 15 is 0 Å². The fourth-order valence-corrected chi connectivity index (χ4v) is 1.38. The average Bonchev–Trinajstić information content (AvgIpc) is 2.06. The van der Waals surface area contributed by atoms with E-state index in [1.807, 2.05) is 0 Å². The van der Waals surface area contributed by atoms with Crippen molar-refractivity contribution in [1.29, 1.82) is 0 Å². The molecule has 1 rings (SSSR count). The van der Waals surface area contributed by atoms with Crippen molar-refractivity contribution in [2.24, 2.45) is 11.8 Å². The van der Waals surface area contributed by atoms with Gasteiger partial charge in [0.2, 0.25) is 0 Å². The molecule has 0 spiro atoms. The van der Waals surface area contributed by atoms with Crippen LogP contribution in [0.1, 0.15) is 33.1 Å². The lowest BCUT2D eigenvalue weighted by molar-refractivity contribution is 0.0220. The monoisotopic (exact) mass is 157 g/mol. The first kappa shape index (κ1) is 9.01. The van der Waals surface area contributed by atoms with Gasteiger partial charge in [-0.15, -0.1) is 0 Å². The first-order valence-electron chi connectivity index (χ1n) is 4.63. The van der Waals surface area contributed by atoms with Gasteiger partial charge in [-0.25, -0.2) is 5.48 Å². The van der Waals surface area contributed by atoms with Crippen molar-refractivity contribution in [2.45, 2.75) is 33.1 Å². The molecule has 2 nitrogen and oxygen atoms in total. The summed E-state index contributed by atoms with van der Waals surface area (Å²) in [6.45, 7) is 6.44. The summed E-state index contributed by atoms with van der Waals surface area (Å²) in [6.07, 6.45) is 3.90. The Labute approximate surface area is 69.3 Å². The molecule has 0 saturated carbocycles. The molecule has 1 saturated heterocycles. The van der Waals surface area contributed by atoms with E-state index in [0.717, 1.165) is 19.1 Å². The molecule has 0 aliphatic carbocycles. The molecule has 0 aromatic heterocycles. The summed E-state index contributed by atoms with van der Waals surface area (Å²) in [5, 5.41) is 0. The lowest BCUT2D eigenvalue weighted by atomic mass is 9.97. The molecule has 1 aliphatic rings. The van der Waals surface area contributed by atoms with Gasteiger partial charge in [0.15, 0.2) is 0 Å². The summed E-state index contributed by atoms with van der Waals surface area (Å²) < 4.78 is 0. The lowest BCUT2D eigenvalue weighted by Gasteiger charge is -2.10. The van der Waals surface area contributed by atoms with E-state index in [1.165, 1.54) is 19.3 Å². The summed E-state index contributed by atoms with van der Waals surface area (Å²) in [5.74, 6) is 1.56. The first-order valence-corrected chi connectivity index (χ1v) is 4.63. The van der Waals surface area contributed by atoms with Crippen LogP contribution in [0, 0.1) is 11.8 Å². The van der Waals surface area contributed by atoms with Crippen LogP contribution in [-0.2, 0) is 4.84 Å². The van der Waals surface area contributed by atoms with Gasteiger partial charge in [0.25, 0.3) is 0 Å².